The lowest BCUT2D eigenvalue weighted by atomic mass is 10.2. The Labute approximate surface area is 149 Å². The zero-order chi connectivity index (χ0) is 18.5. The van der Waals surface area contributed by atoms with Gasteiger partial charge in [0.2, 0.25) is 5.69 Å². The van der Waals surface area contributed by atoms with E-state index in [-0.39, 0.29) is 11.4 Å². The Morgan fingerprint density at radius 1 is 0.923 bits per heavy atom. The summed E-state index contributed by atoms with van der Waals surface area (Å²) in [5.41, 5.74) is 1.19. The molecule has 0 amide bonds. The van der Waals surface area contributed by atoms with E-state index in [2.05, 4.69) is 9.84 Å². The van der Waals surface area contributed by atoms with Crippen LogP contribution < -0.4 is 9.47 Å². The molecule has 0 bridgehead atoms. The standard InChI is InChI=1S/C19H16N2O5/c1-24-16-12-21(14-6-4-3-5-7-14)20-17(16)19(23)26-15-10-8-13(9-11-15)18(22)25-2/h3-12H,1-2H3. The molecule has 0 spiro atoms. The van der Waals surface area contributed by atoms with Gasteiger partial charge < -0.3 is 14.2 Å². The Morgan fingerprint density at radius 3 is 2.23 bits per heavy atom. The van der Waals surface area contributed by atoms with Crippen LogP contribution in [0, 0.1) is 0 Å². The largest absolute Gasteiger partial charge is 0.493 e. The molecule has 0 N–H and O–H groups in total. The minimum Gasteiger partial charge on any atom is -0.493 e. The van der Waals surface area contributed by atoms with E-state index in [0.29, 0.717) is 11.3 Å². The lowest BCUT2D eigenvalue weighted by Gasteiger charge is -2.04. The van der Waals surface area contributed by atoms with Crippen molar-refractivity contribution in [1.82, 2.24) is 9.78 Å². The Balaban J connectivity index is 1.81. The normalized spacial score (nSPS) is 10.2. The molecule has 2 aromatic carbocycles. The Morgan fingerprint density at radius 2 is 1.62 bits per heavy atom. The Kier molecular flexibility index (Phi) is 4.98. The number of carbonyl (C=O) groups is 2. The van der Waals surface area contributed by atoms with Crippen molar-refractivity contribution in [2.75, 3.05) is 14.2 Å². The maximum absolute atomic E-state index is 12.4. The predicted molar refractivity (Wildman–Crippen MR) is 92.9 cm³/mol. The number of hydrogen-bond donors (Lipinski definition) is 0. The van der Waals surface area contributed by atoms with Gasteiger partial charge in [0.25, 0.3) is 0 Å². The lowest BCUT2D eigenvalue weighted by molar-refractivity contribution is 0.0600. The third-order valence-electron chi connectivity index (χ3n) is 3.60. The van der Waals surface area contributed by atoms with Gasteiger partial charge in [0.1, 0.15) is 5.75 Å². The summed E-state index contributed by atoms with van der Waals surface area (Å²) in [4.78, 5) is 23.9. The van der Waals surface area contributed by atoms with E-state index in [9.17, 15) is 9.59 Å². The molecule has 0 saturated heterocycles. The summed E-state index contributed by atoms with van der Waals surface area (Å²) in [6.45, 7) is 0. The number of carbonyl (C=O) groups excluding carboxylic acids is 2. The van der Waals surface area contributed by atoms with Crippen LogP contribution in [0.5, 0.6) is 11.5 Å². The van der Waals surface area contributed by atoms with E-state index in [0.717, 1.165) is 5.69 Å². The summed E-state index contributed by atoms with van der Waals surface area (Å²) < 4.78 is 16.7. The molecule has 1 aromatic heterocycles. The van der Waals surface area contributed by atoms with E-state index in [1.807, 2.05) is 30.3 Å². The molecule has 0 aliphatic rings. The second-order valence-electron chi connectivity index (χ2n) is 5.23. The van der Waals surface area contributed by atoms with Crippen LogP contribution in [0.3, 0.4) is 0 Å². The molecular weight excluding hydrogens is 336 g/mol. The average molecular weight is 352 g/mol. The summed E-state index contributed by atoms with van der Waals surface area (Å²) in [5, 5.41) is 4.25. The maximum atomic E-state index is 12.4. The third kappa shape index (κ3) is 3.56. The topological polar surface area (TPSA) is 79.7 Å². The van der Waals surface area contributed by atoms with Crippen molar-refractivity contribution in [1.29, 1.82) is 0 Å². The molecule has 3 rings (SSSR count). The number of ether oxygens (including phenoxy) is 3. The zero-order valence-electron chi connectivity index (χ0n) is 14.2. The van der Waals surface area contributed by atoms with Gasteiger partial charge in [-0.3, -0.25) is 0 Å². The van der Waals surface area contributed by atoms with E-state index in [1.165, 1.54) is 43.2 Å². The predicted octanol–water partition coefficient (Wildman–Crippen LogP) is 2.89. The molecule has 3 aromatic rings. The number of nitrogens with zero attached hydrogens (tertiary/aromatic N) is 2. The van der Waals surface area contributed by atoms with Gasteiger partial charge in [0, 0.05) is 0 Å². The second kappa shape index (κ2) is 7.52. The molecule has 7 heteroatoms. The van der Waals surface area contributed by atoms with Gasteiger partial charge in [-0.25, -0.2) is 14.3 Å². The number of methoxy groups -OCH3 is 2. The molecule has 0 unspecified atom stereocenters. The molecule has 0 saturated carbocycles. The van der Waals surface area contributed by atoms with Crippen molar-refractivity contribution < 1.29 is 23.8 Å². The SMILES string of the molecule is COC(=O)c1ccc(OC(=O)c2nn(-c3ccccc3)cc2OC)cc1. The van der Waals surface area contributed by atoms with Crippen molar-refractivity contribution in [3.05, 3.63) is 72.1 Å². The molecule has 0 aliphatic carbocycles. The fraction of sp³-hybridized carbons (Fsp3) is 0.105. The summed E-state index contributed by atoms with van der Waals surface area (Å²) in [5.74, 6) is -0.558. The van der Waals surface area contributed by atoms with Crippen molar-refractivity contribution in [3.63, 3.8) is 0 Å². The summed E-state index contributed by atoms with van der Waals surface area (Å²) in [6.07, 6.45) is 1.60. The van der Waals surface area contributed by atoms with Crippen molar-refractivity contribution in [3.8, 4) is 17.2 Å². The van der Waals surface area contributed by atoms with Crippen LogP contribution in [0.25, 0.3) is 5.69 Å². The smallest absolute Gasteiger partial charge is 0.368 e. The van der Waals surface area contributed by atoms with Crippen LogP contribution in [0.1, 0.15) is 20.8 Å². The highest BCUT2D eigenvalue weighted by Crippen LogP contribution is 2.22. The van der Waals surface area contributed by atoms with Crippen molar-refractivity contribution in [2.45, 2.75) is 0 Å². The van der Waals surface area contributed by atoms with Crippen LogP contribution in [-0.4, -0.2) is 35.9 Å². The Hall–Kier alpha value is -3.61. The van der Waals surface area contributed by atoms with Gasteiger partial charge in [-0.2, -0.15) is 5.10 Å². The highest BCUT2D eigenvalue weighted by molar-refractivity contribution is 5.92. The quantitative estimate of drug-likeness (QED) is 0.519. The molecule has 1 heterocycles. The number of rotatable bonds is 5. The van der Waals surface area contributed by atoms with Crippen LogP contribution in [0.15, 0.2) is 60.8 Å². The minimum absolute atomic E-state index is 0.0494. The van der Waals surface area contributed by atoms with Crippen LogP contribution in [0.2, 0.25) is 0 Å². The first-order chi connectivity index (χ1) is 12.6. The molecular formula is C19H16N2O5. The van der Waals surface area contributed by atoms with Crippen LogP contribution >= 0.6 is 0 Å². The Bertz CT molecular complexity index is 917. The number of esters is 2. The molecule has 0 radical (unpaired) electrons. The molecule has 0 atom stereocenters. The summed E-state index contributed by atoms with van der Waals surface area (Å²) >= 11 is 0. The summed E-state index contributed by atoms with van der Waals surface area (Å²) in [7, 11) is 2.75. The van der Waals surface area contributed by atoms with Gasteiger partial charge in [0.05, 0.1) is 31.7 Å². The molecule has 26 heavy (non-hydrogen) atoms. The zero-order valence-corrected chi connectivity index (χ0v) is 14.2. The first-order valence-electron chi connectivity index (χ1n) is 7.72. The third-order valence-corrected chi connectivity index (χ3v) is 3.60. The number of aromatic nitrogens is 2. The second-order valence-corrected chi connectivity index (χ2v) is 5.23. The van der Waals surface area contributed by atoms with Gasteiger partial charge in [0.15, 0.2) is 5.75 Å². The highest BCUT2D eigenvalue weighted by atomic mass is 16.5. The van der Waals surface area contributed by atoms with Crippen molar-refractivity contribution >= 4 is 11.9 Å². The fourth-order valence-corrected chi connectivity index (χ4v) is 2.29. The van der Waals surface area contributed by atoms with E-state index < -0.39 is 11.9 Å². The average Bonchev–Trinajstić information content (AvgIpc) is 3.13. The summed E-state index contributed by atoms with van der Waals surface area (Å²) in [6, 6.07) is 15.4. The monoisotopic (exact) mass is 352 g/mol. The number of para-hydroxylation sites is 1. The molecule has 0 fully saturated rings. The van der Waals surface area contributed by atoms with E-state index in [4.69, 9.17) is 9.47 Å². The minimum atomic E-state index is -0.664. The first kappa shape index (κ1) is 17.2. The highest BCUT2D eigenvalue weighted by Gasteiger charge is 2.20. The van der Waals surface area contributed by atoms with Gasteiger partial charge in [-0.05, 0) is 36.4 Å². The van der Waals surface area contributed by atoms with Gasteiger partial charge in [-0.1, -0.05) is 18.2 Å². The first-order valence-corrected chi connectivity index (χ1v) is 7.72. The van der Waals surface area contributed by atoms with Crippen LogP contribution in [0.4, 0.5) is 0 Å². The molecule has 132 valence electrons. The number of benzene rings is 2. The van der Waals surface area contributed by atoms with Crippen molar-refractivity contribution in [2.24, 2.45) is 0 Å². The lowest BCUT2D eigenvalue weighted by Crippen LogP contribution is -2.11. The number of hydrogen-bond acceptors (Lipinski definition) is 6. The molecule has 0 aliphatic heterocycles. The van der Waals surface area contributed by atoms with E-state index >= 15 is 0 Å². The molecule has 7 nitrogen and oxygen atoms in total. The van der Waals surface area contributed by atoms with Crippen LogP contribution in [-0.2, 0) is 4.74 Å². The van der Waals surface area contributed by atoms with E-state index in [1.54, 1.807) is 6.20 Å². The van der Waals surface area contributed by atoms with Gasteiger partial charge >= 0.3 is 11.9 Å². The van der Waals surface area contributed by atoms with Gasteiger partial charge in [-0.15, -0.1) is 0 Å². The maximum Gasteiger partial charge on any atom is 0.368 e. The fourth-order valence-electron chi connectivity index (χ4n) is 2.29.